The van der Waals surface area contributed by atoms with Gasteiger partial charge in [0.1, 0.15) is 6.26 Å². The van der Waals surface area contributed by atoms with Crippen molar-refractivity contribution in [2.45, 2.75) is 11.9 Å². The van der Waals surface area contributed by atoms with Crippen LogP contribution in [-0.4, -0.2) is 29.5 Å². The molecular formula is C10H11N5O3S2. The second kappa shape index (κ2) is 4.80. The minimum atomic E-state index is -3.82. The number of aromatic nitrogens is 3. The van der Waals surface area contributed by atoms with Crippen LogP contribution >= 0.6 is 11.3 Å². The number of fused-ring (bicyclic) bond motifs is 1. The zero-order chi connectivity index (χ0) is 14.2. The van der Waals surface area contributed by atoms with E-state index in [1.54, 1.807) is 11.6 Å². The maximum Gasteiger partial charge on any atom is 0.283 e. The molecule has 3 aromatic heterocycles. The molecule has 0 aliphatic rings. The first kappa shape index (κ1) is 12.9. The van der Waals surface area contributed by atoms with Crippen molar-refractivity contribution in [2.24, 2.45) is 0 Å². The Hall–Kier alpha value is -2.07. The zero-order valence-electron chi connectivity index (χ0n) is 10.4. The Kier molecular flexibility index (Phi) is 3.10. The molecular weight excluding hydrogens is 302 g/mol. The topological polar surface area (TPSA) is 102 Å². The Morgan fingerprint density at radius 3 is 3.05 bits per heavy atom. The number of hydrogen-bond donors (Lipinski definition) is 2. The van der Waals surface area contributed by atoms with Crippen LogP contribution in [0.2, 0.25) is 0 Å². The number of hydrogen-bond acceptors (Lipinski definition) is 7. The molecule has 2 N–H and O–H groups in total. The molecule has 106 valence electrons. The number of nitrogens with one attached hydrogen (secondary N) is 2. The summed E-state index contributed by atoms with van der Waals surface area (Å²) in [7, 11) is -3.82. The van der Waals surface area contributed by atoms with Gasteiger partial charge in [0.05, 0.1) is 0 Å². The van der Waals surface area contributed by atoms with E-state index in [4.69, 9.17) is 0 Å². The molecule has 0 unspecified atom stereocenters. The van der Waals surface area contributed by atoms with Gasteiger partial charge >= 0.3 is 0 Å². The minimum Gasteiger partial charge on any atom is -0.368 e. The van der Waals surface area contributed by atoms with Gasteiger partial charge in [-0.05, 0) is 6.92 Å². The predicted octanol–water partition coefficient (Wildman–Crippen LogP) is 1.62. The Morgan fingerprint density at radius 2 is 2.35 bits per heavy atom. The lowest BCUT2D eigenvalue weighted by molar-refractivity contribution is 0.423. The summed E-state index contributed by atoms with van der Waals surface area (Å²) in [5.74, 6) is 0.438. The van der Waals surface area contributed by atoms with Crippen molar-refractivity contribution in [3.8, 4) is 0 Å². The van der Waals surface area contributed by atoms with Gasteiger partial charge in [0.2, 0.25) is 5.03 Å². The van der Waals surface area contributed by atoms with Gasteiger partial charge in [-0.2, -0.15) is 8.42 Å². The second-order valence-corrected chi connectivity index (χ2v) is 6.31. The fraction of sp³-hybridized carbons (Fsp3) is 0.200. The quantitative estimate of drug-likeness (QED) is 0.742. The van der Waals surface area contributed by atoms with E-state index in [1.807, 2.05) is 6.92 Å². The molecule has 20 heavy (non-hydrogen) atoms. The highest BCUT2D eigenvalue weighted by molar-refractivity contribution is 7.92. The number of imidazole rings is 1. The number of sulfonamides is 1. The average molecular weight is 313 g/mol. The van der Waals surface area contributed by atoms with Crippen molar-refractivity contribution in [1.29, 1.82) is 0 Å². The van der Waals surface area contributed by atoms with Crippen LogP contribution in [0.15, 0.2) is 33.5 Å². The third-order valence-electron chi connectivity index (χ3n) is 2.49. The minimum absolute atomic E-state index is 0.0543. The highest BCUT2D eigenvalue weighted by Gasteiger charge is 2.26. The van der Waals surface area contributed by atoms with Crippen molar-refractivity contribution < 1.29 is 12.9 Å². The summed E-state index contributed by atoms with van der Waals surface area (Å²) in [6, 6.07) is 1.43. The summed E-state index contributed by atoms with van der Waals surface area (Å²) >= 11 is 1.36. The van der Waals surface area contributed by atoms with Gasteiger partial charge in [-0.15, -0.1) is 11.3 Å². The molecule has 8 nitrogen and oxygen atoms in total. The number of nitrogens with zero attached hydrogens (tertiary/aromatic N) is 3. The summed E-state index contributed by atoms with van der Waals surface area (Å²) in [4.78, 5) is 4.86. The van der Waals surface area contributed by atoms with Crippen LogP contribution in [0.1, 0.15) is 6.92 Å². The van der Waals surface area contributed by atoms with Crippen LogP contribution < -0.4 is 10.0 Å². The van der Waals surface area contributed by atoms with Gasteiger partial charge in [-0.25, -0.2) is 4.98 Å². The van der Waals surface area contributed by atoms with Crippen molar-refractivity contribution >= 4 is 38.0 Å². The molecule has 0 atom stereocenters. The monoisotopic (exact) mass is 313 g/mol. The van der Waals surface area contributed by atoms with Gasteiger partial charge in [0.15, 0.2) is 16.6 Å². The predicted molar refractivity (Wildman–Crippen MR) is 74.5 cm³/mol. The molecule has 3 aromatic rings. The highest BCUT2D eigenvalue weighted by Crippen LogP contribution is 2.26. The first-order valence-electron chi connectivity index (χ1n) is 5.74. The highest BCUT2D eigenvalue weighted by atomic mass is 32.2. The smallest absolute Gasteiger partial charge is 0.283 e. The lowest BCUT2D eigenvalue weighted by Crippen LogP contribution is -2.17. The SMILES string of the molecule is CCNc1nc2sccn2c1S(=O)(=O)Nc1ccon1. The Labute approximate surface area is 118 Å². The summed E-state index contributed by atoms with van der Waals surface area (Å²) in [6.07, 6.45) is 2.95. The first-order chi connectivity index (χ1) is 9.62. The molecule has 0 aliphatic heterocycles. The molecule has 0 bridgehead atoms. The lowest BCUT2D eigenvalue weighted by atomic mass is 10.6. The fourth-order valence-corrected chi connectivity index (χ4v) is 3.78. The maximum atomic E-state index is 12.5. The van der Waals surface area contributed by atoms with Crippen molar-refractivity contribution in [1.82, 2.24) is 14.5 Å². The maximum absolute atomic E-state index is 12.5. The molecule has 0 saturated heterocycles. The zero-order valence-corrected chi connectivity index (χ0v) is 12.0. The molecule has 3 heterocycles. The van der Waals surface area contributed by atoms with Gasteiger partial charge in [0.25, 0.3) is 10.0 Å². The largest absolute Gasteiger partial charge is 0.368 e. The number of anilines is 2. The normalized spacial score (nSPS) is 11.8. The van der Waals surface area contributed by atoms with E-state index in [2.05, 4.69) is 24.7 Å². The Balaban J connectivity index is 2.11. The average Bonchev–Trinajstić information content (AvgIpc) is 3.04. The fourth-order valence-electron chi connectivity index (χ4n) is 1.76. The lowest BCUT2D eigenvalue weighted by Gasteiger charge is -2.06. The second-order valence-electron chi connectivity index (χ2n) is 3.84. The Morgan fingerprint density at radius 1 is 1.50 bits per heavy atom. The van der Waals surface area contributed by atoms with Gasteiger partial charge in [-0.1, -0.05) is 5.16 Å². The van der Waals surface area contributed by atoms with E-state index in [1.165, 1.54) is 28.1 Å². The van der Waals surface area contributed by atoms with E-state index in [-0.39, 0.29) is 10.8 Å². The first-order valence-corrected chi connectivity index (χ1v) is 8.10. The molecule has 0 fully saturated rings. The van der Waals surface area contributed by atoms with Crippen LogP contribution in [0.25, 0.3) is 4.96 Å². The van der Waals surface area contributed by atoms with E-state index in [9.17, 15) is 8.42 Å². The molecule has 3 rings (SSSR count). The van der Waals surface area contributed by atoms with Crippen LogP contribution in [-0.2, 0) is 10.0 Å². The molecule has 0 aromatic carbocycles. The third-order valence-corrected chi connectivity index (χ3v) is 4.63. The standard InChI is InChI=1S/C10H11N5O3S2/c1-2-11-8-9(15-4-6-19-10(15)12-8)20(16,17)14-7-3-5-18-13-7/h3-6,11H,2H2,1H3,(H,13,14). The van der Waals surface area contributed by atoms with Crippen molar-refractivity contribution in [3.05, 3.63) is 23.9 Å². The summed E-state index contributed by atoms with van der Waals surface area (Å²) < 4.78 is 33.4. The number of thiazole rings is 1. The van der Waals surface area contributed by atoms with Crippen LogP contribution in [0, 0.1) is 0 Å². The molecule has 0 saturated carbocycles. The Bertz CT molecular complexity index is 818. The van der Waals surface area contributed by atoms with Gasteiger partial charge < -0.3 is 9.84 Å². The summed E-state index contributed by atoms with van der Waals surface area (Å²) in [6.45, 7) is 2.44. The van der Waals surface area contributed by atoms with Crippen LogP contribution in [0.4, 0.5) is 11.6 Å². The van der Waals surface area contributed by atoms with E-state index >= 15 is 0 Å². The van der Waals surface area contributed by atoms with Crippen molar-refractivity contribution in [2.75, 3.05) is 16.6 Å². The number of rotatable bonds is 5. The molecule has 0 amide bonds. The molecule has 0 aliphatic carbocycles. The van der Waals surface area contributed by atoms with Crippen LogP contribution in [0.5, 0.6) is 0 Å². The van der Waals surface area contributed by atoms with Crippen molar-refractivity contribution in [3.63, 3.8) is 0 Å². The van der Waals surface area contributed by atoms with E-state index in [0.717, 1.165) is 0 Å². The van der Waals surface area contributed by atoms with Gasteiger partial charge in [-0.3, -0.25) is 9.12 Å². The van der Waals surface area contributed by atoms with Crippen LogP contribution in [0.3, 0.4) is 0 Å². The van der Waals surface area contributed by atoms with E-state index in [0.29, 0.717) is 17.3 Å². The van der Waals surface area contributed by atoms with E-state index < -0.39 is 10.0 Å². The third kappa shape index (κ3) is 2.12. The molecule has 10 heteroatoms. The van der Waals surface area contributed by atoms with Gasteiger partial charge in [0, 0.05) is 24.2 Å². The molecule has 0 radical (unpaired) electrons. The summed E-state index contributed by atoms with van der Waals surface area (Å²) in [5.41, 5.74) is 0. The summed E-state index contributed by atoms with van der Waals surface area (Å²) in [5, 5.41) is 8.32. The molecule has 0 spiro atoms.